The molecule has 1 aliphatic rings. The molecule has 0 saturated carbocycles. The van der Waals surface area contributed by atoms with Gasteiger partial charge in [0.2, 0.25) is 0 Å². The molecule has 1 unspecified atom stereocenters. The molecule has 0 bridgehead atoms. The molecule has 0 saturated heterocycles. The van der Waals surface area contributed by atoms with Crippen LogP contribution in [0.3, 0.4) is 0 Å². The summed E-state index contributed by atoms with van der Waals surface area (Å²) in [4.78, 5) is 14.3. The minimum absolute atomic E-state index is 0.177. The van der Waals surface area contributed by atoms with Gasteiger partial charge in [-0.3, -0.25) is 0 Å². The largest absolute Gasteiger partial charge is 0.467 e. The number of fused-ring (bicyclic) bond motifs is 1. The third-order valence-electron chi connectivity index (χ3n) is 3.95. The van der Waals surface area contributed by atoms with Crippen LogP contribution in [0.5, 0.6) is 0 Å². The zero-order valence-electron chi connectivity index (χ0n) is 12.9. The molecule has 108 valence electrons. The maximum atomic E-state index is 12.1. The summed E-state index contributed by atoms with van der Waals surface area (Å²) in [6.07, 6.45) is 2.94. The number of hydrogen-bond acceptors (Lipinski definition) is 3. The number of carbonyl (C=O) groups is 1. The second-order valence-electron chi connectivity index (χ2n) is 5.82. The Hall–Kier alpha value is -1.77. The first-order chi connectivity index (χ1) is 9.42. The Balaban J connectivity index is 2.58. The molecule has 1 aliphatic heterocycles. The lowest BCUT2D eigenvalue weighted by atomic mass is 9.87. The monoisotopic (exact) mass is 273 g/mol. The van der Waals surface area contributed by atoms with Crippen molar-refractivity contribution in [2.75, 3.05) is 12.0 Å². The van der Waals surface area contributed by atoms with E-state index < -0.39 is 0 Å². The number of nitrogens with zero attached hydrogens (tertiary/aromatic N) is 1. The van der Waals surface area contributed by atoms with Gasteiger partial charge in [-0.25, -0.2) is 4.79 Å². The molecule has 1 aromatic rings. The number of ether oxygens (including phenoxy) is 1. The van der Waals surface area contributed by atoms with Gasteiger partial charge < -0.3 is 9.64 Å². The second kappa shape index (κ2) is 5.31. The molecule has 1 aromatic carbocycles. The summed E-state index contributed by atoms with van der Waals surface area (Å²) in [7, 11) is 1.45. The van der Waals surface area contributed by atoms with Crippen molar-refractivity contribution in [2.24, 2.45) is 0 Å². The summed E-state index contributed by atoms with van der Waals surface area (Å²) in [6.45, 7) is 8.42. The lowest BCUT2D eigenvalue weighted by Gasteiger charge is -2.46. The van der Waals surface area contributed by atoms with Gasteiger partial charge in [0, 0.05) is 11.3 Å². The average Bonchev–Trinajstić information content (AvgIpc) is 2.42. The van der Waals surface area contributed by atoms with Gasteiger partial charge in [-0.15, -0.1) is 0 Å². The Morgan fingerprint density at radius 1 is 1.35 bits per heavy atom. The zero-order chi connectivity index (χ0) is 14.9. The van der Waals surface area contributed by atoms with E-state index in [0.29, 0.717) is 0 Å². The topological polar surface area (TPSA) is 29.5 Å². The Kier molecular flexibility index (Phi) is 3.89. The van der Waals surface area contributed by atoms with Crippen LogP contribution in [0.4, 0.5) is 5.69 Å². The quantitative estimate of drug-likeness (QED) is 0.787. The van der Waals surface area contributed by atoms with Crippen molar-refractivity contribution in [3.63, 3.8) is 0 Å². The fourth-order valence-corrected chi connectivity index (χ4v) is 3.16. The van der Waals surface area contributed by atoms with E-state index in [1.807, 2.05) is 19.1 Å². The molecule has 0 aromatic heterocycles. The molecule has 0 N–H and O–H groups in total. The van der Waals surface area contributed by atoms with E-state index >= 15 is 0 Å². The van der Waals surface area contributed by atoms with Crippen molar-refractivity contribution < 1.29 is 9.53 Å². The maximum Gasteiger partial charge on any atom is 0.328 e. The van der Waals surface area contributed by atoms with Crippen molar-refractivity contribution in [1.82, 2.24) is 0 Å². The van der Waals surface area contributed by atoms with E-state index in [1.165, 1.54) is 18.2 Å². The van der Waals surface area contributed by atoms with Gasteiger partial charge in [-0.2, -0.15) is 0 Å². The fraction of sp³-hybridized carbons (Fsp3) is 0.471. The number of methoxy groups -OCH3 is 1. The molecule has 0 aliphatic carbocycles. The lowest BCUT2D eigenvalue weighted by Crippen LogP contribution is -2.54. The highest BCUT2D eigenvalue weighted by molar-refractivity contribution is 5.87. The van der Waals surface area contributed by atoms with Crippen LogP contribution in [0.2, 0.25) is 0 Å². The van der Waals surface area contributed by atoms with Crippen LogP contribution in [-0.4, -0.2) is 24.7 Å². The third kappa shape index (κ3) is 2.33. The fourth-order valence-electron chi connectivity index (χ4n) is 3.16. The second-order valence-corrected chi connectivity index (χ2v) is 5.82. The lowest BCUT2D eigenvalue weighted by molar-refractivity contribution is -0.142. The number of benzene rings is 1. The molecule has 3 nitrogen and oxygen atoms in total. The maximum absolute atomic E-state index is 12.1. The van der Waals surface area contributed by atoms with Crippen LogP contribution in [-0.2, 0) is 9.53 Å². The molecule has 0 amide bonds. The normalized spacial score (nSPS) is 18.1. The van der Waals surface area contributed by atoms with Gasteiger partial charge in [0.15, 0.2) is 0 Å². The minimum atomic E-state index is -0.263. The van der Waals surface area contributed by atoms with Crippen LogP contribution in [0.15, 0.2) is 30.3 Å². The Labute approximate surface area is 121 Å². The van der Waals surface area contributed by atoms with Crippen LogP contribution in [0.25, 0.3) is 5.57 Å². The predicted molar refractivity (Wildman–Crippen MR) is 82.7 cm³/mol. The molecular formula is C17H23NO2. The van der Waals surface area contributed by atoms with E-state index in [1.54, 1.807) is 0 Å². The molecule has 0 radical (unpaired) electrons. The van der Waals surface area contributed by atoms with Crippen LogP contribution >= 0.6 is 0 Å². The number of hydrogen-bond donors (Lipinski definition) is 0. The number of anilines is 1. The highest BCUT2D eigenvalue weighted by atomic mass is 16.5. The number of rotatable bonds is 3. The predicted octanol–water partition coefficient (Wildman–Crippen LogP) is 3.64. The van der Waals surface area contributed by atoms with Crippen molar-refractivity contribution >= 4 is 17.2 Å². The Morgan fingerprint density at radius 2 is 2.00 bits per heavy atom. The van der Waals surface area contributed by atoms with Crippen molar-refractivity contribution in [3.8, 4) is 0 Å². The molecular weight excluding hydrogens is 250 g/mol. The van der Waals surface area contributed by atoms with Crippen molar-refractivity contribution in [2.45, 2.75) is 45.7 Å². The Morgan fingerprint density at radius 3 is 2.60 bits per heavy atom. The smallest absolute Gasteiger partial charge is 0.328 e. The SMILES string of the molecule is CCC(C(=O)OC)N1c2ccccc2C(C)=CC1(C)C. The molecule has 1 heterocycles. The van der Waals surface area contributed by atoms with Gasteiger partial charge in [0.05, 0.1) is 12.6 Å². The van der Waals surface area contributed by atoms with Gasteiger partial charge in [0.1, 0.15) is 6.04 Å². The van der Waals surface area contributed by atoms with Gasteiger partial charge in [-0.1, -0.05) is 31.2 Å². The summed E-state index contributed by atoms with van der Waals surface area (Å²) in [5.41, 5.74) is 3.33. The first-order valence-corrected chi connectivity index (χ1v) is 7.08. The van der Waals surface area contributed by atoms with E-state index in [2.05, 4.69) is 43.9 Å². The summed E-state index contributed by atoms with van der Waals surface area (Å²) >= 11 is 0. The van der Waals surface area contributed by atoms with Crippen molar-refractivity contribution in [3.05, 3.63) is 35.9 Å². The molecule has 0 spiro atoms. The van der Waals surface area contributed by atoms with E-state index in [9.17, 15) is 4.79 Å². The van der Waals surface area contributed by atoms with E-state index in [0.717, 1.165) is 12.1 Å². The highest BCUT2D eigenvalue weighted by Crippen LogP contribution is 2.40. The molecule has 0 fully saturated rings. The standard InChI is InChI=1S/C17H23NO2/c1-6-14(16(19)20-5)18-15-10-8-7-9-13(15)12(2)11-17(18,3)4/h7-11,14H,6H2,1-5H3. The molecule has 1 atom stereocenters. The van der Waals surface area contributed by atoms with Gasteiger partial charge in [-0.05, 0) is 38.8 Å². The zero-order valence-corrected chi connectivity index (χ0v) is 12.9. The van der Waals surface area contributed by atoms with Crippen LogP contribution in [0.1, 0.15) is 39.7 Å². The van der Waals surface area contributed by atoms with Crippen LogP contribution in [0, 0.1) is 0 Å². The van der Waals surface area contributed by atoms with E-state index in [4.69, 9.17) is 4.74 Å². The van der Waals surface area contributed by atoms with Crippen molar-refractivity contribution in [1.29, 1.82) is 0 Å². The molecule has 3 heteroatoms. The first-order valence-electron chi connectivity index (χ1n) is 7.08. The molecule has 2 rings (SSSR count). The number of para-hydroxylation sites is 1. The number of carbonyl (C=O) groups excluding carboxylic acids is 1. The summed E-state index contributed by atoms with van der Waals surface area (Å²) < 4.78 is 4.99. The van der Waals surface area contributed by atoms with E-state index in [-0.39, 0.29) is 17.6 Å². The van der Waals surface area contributed by atoms with Crippen LogP contribution < -0.4 is 4.90 Å². The third-order valence-corrected chi connectivity index (χ3v) is 3.95. The summed E-state index contributed by atoms with van der Waals surface area (Å²) in [5.74, 6) is -0.177. The number of esters is 1. The van der Waals surface area contributed by atoms with Gasteiger partial charge in [0.25, 0.3) is 0 Å². The summed E-state index contributed by atoms with van der Waals surface area (Å²) in [5, 5.41) is 0. The summed E-state index contributed by atoms with van der Waals surface area (Å²) in [6, 6.07) is 7.98. The van der Waals surface area contributed by atoms with Gasteiger partial charge >= 0.3 is 5.97 Å². The average molecular weight is 273 g/mol. The first kappa shape index (κ1) is 14.6. The molecule has 20 heavy (non-hydrogen) atoms. The Bertz CT molecular complexity index is 546. The number of allylic oxidation sites excluding steroid dienone is 1. The minimum Gasteiger partial charge on any atom is -0.467 e. The highest BCUT2D eigenvalue weighted by Gasteiger charge is 2.38.